The van der Waals surface area contributed by atoms with E-state index in [1.165, 1.54) is 0 Å². The highest BCUT2D eigenvalue weighted by molar-refractivity contribution is 7.80. The summed E-state index contributed by atoms with van der Waals surface area (Å²) in [6.07, 6.45) is 1.50. The first-order chi connectivity index (χ1) is 8.81. The zero-order valence-corrected chi connectivity index (χ0v) is 12.6. The lowest BCUT2D eigenvalue weighted by molar-refractivity contribution is 0.0956. The highest BCUT2D eigenvalue weighted by Gasteiger charge is 2.31. The Labute approximate surface area is 119 Å². The summed E-state index contributed by atoms with van der Waals surface area (Å²) >= 11 is 5.11. The average Bonchev–Trinajstić information content (AvgIpc) is 2.34. The minimum atomic E-state index is 0.0455. The first-order valence-corrected chi connectivity index (χ1v) is 6.79. The lowest BCUT2D eigenvalue weighted by Crippen LogP contribution is -2.28. The zero-order valence-electron chi connectivity index (χ0n) is 11.8. The second-order valence-corrected chi connectivity index (χ2v) is 6.13. The predicted octanol–water partition coefficient (Wildman–Crippen LogP) is 3.17. The third kappa shape index (κ3) is 2.78. The van der Waals surface area contributed by atoms with Crippen LogP contribution in [0.2, 0.25) is 0 Å². The van der Waals surface area contributed by atoms with Crippen LogP contribution in [0.4, 0.5) is 0 Å². The van der Waals surface area contributed by atoms with Gasteiger partial charge in [0.15, 0.2) is 5.78 Å². The normalized spacial score (nSPS) is 16.7. The van der Waals surface area contributed by atoms with Gasteiger partial charge in [-0.3, -0.25) is 4.79 Å². The number of nitrogens with zero attached hydrogens (tertiary/aromatic N) is 1. The van der Waals surface area contributed by atoms with Crippen molar-refractivity contribution in [3.05, 3.63) is 29.3 Å². The van der Waals surface area contributed by atoms with E-state index in [4.69, 9.17) is 17.0 Å². The molecule has 0 N–H and O–H groups in total. The van der Waals surface area contributed by atoms with Gasteiger partial charge in [0, 0.05) is 26.1 Å². The molecule has 0 bridgehead atoms. The fourth-order valence-corrected chi connectivity index (χ4v) is 2.39. The molecule has 0 spiro atoms. The van der Waals surface area contributed by atoms with E-state index < -0.39 is 0 Å². The van der Waals surface area contributed by atoms with E-state index in [1.807, 2.05) is 32.3 Å². The number of fused-ring (bicyclic) bond motifs is 1. The predicted molar refractivity (Wildman–Crippen MR) is 79.9 cm³/mol. The van der Waals surface area contributed by atoms with Crippen LogP contribution in [0, 0.1) is 0 Å². The molecule has 1 aliphatic carbocycles. The first-order valence-electron chi connectivity index (χ1n) is 6.38. The molecule has 0 radical (unpaired) electrons. The van der Waals surface area contributed by atoms with Crippen LogP contribution in [0.5, 0.6) is 5.75 Å². The number of hydrogen-bond donors (Lipinski definition) is 0. The van der Waals surface area contributed by atoms with Gasteiger partial charge in [-0.2, -0.15) is 0 Å². The third-order valence-electron chi connectivity index (χ3n) is 3.57. The number of carbonyl (C=O) groups is 1. The summed E-state index contributed by atoms with van der Waals surface area (Å²) in [6, 6.07) is 5.68. The topological polar surface area (TPSA) is 29.5 Å². The van der Waals surface area contributed by atoms with Crippen LogP contribution >= 0.6 is 12.2 Å². The second kappa shape index (κ2) is 4.93. The summed E-state index contributed by atoms with van der Waals surface area (Å²) in [7, 11) is 3.66. The van der Waals surface area contributed by atoms with Crippen LogP contribution in [0.1, 0.15) is 42.6 Å². The molecule has 19 heavy (non-hydrogen) atoms. The maximum Gasteiger partial charge on any atom is 0.264 e. The maximum absolute atomic E-state index is 12.0. The fourth-order valence-electron chi connectivity index (χ4n) is 2.30. The Bertz CT molecular complexity index is 535. The van der Waals surface area contributed by atoms with Crippen LogP contribution in [-0.4, -0.2) is 30.0 Å². The molecule has 0 unspecified atom stereocenters. The Morgan fingerprint density at radius 2 is 2.05 bits per heavy atom. The molecule has 0 saturated carbocycles. The van der Waals surface area contributed by atoms with Crippen molar-refractivity contribution in [1.29, 1.82) is 0 Å². The molecule has 0 atom stereocenters. The van der Waals surface area contributed by atoms with E-state index in [0.717, 1.165) is 17.5 Å². The molecular formula is C15H19NO2S. The summed E-state index contributed by atoms with van der Waals surface area (Å²) in [4.78, 5) is 13.8. The van der Waals surface area contributed by atoms with E-state index >= 15 is 0 Å². The van der Waals surface area contributed by atoms with Gasteiger partial charge in [-0.15, -0.1) is 0 Å². The van der Waals surface area contributed by atoms with Gasteiger partial charge in [0.2, 0.25) is 0 Å². The number of ether oxygens (including phenoxy) is 1. The van der Waals surface area contributed by atoms with Crippen LogP contribution < -0.4 is 4.74 Å². The molecule has 0 fully saturated rings. The lowest BCUT2D eigenvalue weighted by Gasteiger charge is -2.31. The molecule has 4 heteroatoms. The van der Waals surface area contributed by atoms with Crippen molar-refractivity contribution >= 4 is 23.2 Å². The van der Waals surface area contributed by atoms with E-state index in [9.17, 15) is 4.79 Å². The van der Waals surface area contributed by atoms with E-state index in [-0.39, 0.29) is 11.2 Å². The molecule has 1 aromatic carbocycles. The van der Waals surface area contributed by atoms with Crippen LogP contribution in [0.15, 0.2) is 18.2 Å². The molecule has 0 aromatic heterocycles. The van der Waals surface area contributed by atoms with Crippen LogP contribution in [-0.2, 0) is 5.41 Å². The lowest BCUT2D eigenvalue weighted by atomic mass is 9.72. The Morgan fingerprint density at radius 1 is 1.37 bits per heavy atom. The monoisotopic (exact) mass is 277 g/mol. The van der Waals surface area contributed by atoms with E-state index in [0.29, 0.717) is 17.3 Å². The van der Waals surface area contributed by atoms with Gasteiger partial charge < -0.3 is 9.64 Å². The smallest absolute Gasteiger partial charge is 0.264 e. The summed E-state index contributed by atoms with van der Waals surface area (Å²) < 4.78 is 5.56. The third-order valence-corrected chi connectivity index (χ3v) is 4.02. The zero-order chi connectivity index (χ0) is 14.2. The van der Waals surface area contributed by atoms with Crippen LogP contribution in [0.3, 0.4) is 0 Å². The Hall–Kier alpha value is -1.42. The fraction of sp³-hybridized carbons (Fsp3) is 0.467. The number of thiocarbonyl (C=S) groups is 1. The molecule has 1 aromatic rings. The standard InChI is InChI=1S/C15H19NO2S/c1-15(2)8-7-13(17)11-9-10(5-6-12(11)15)18-14(19)16(3)4/h5-6,9H,7-8H2,1-4H3. The van der Waals surface area contributed by atoms with E-state index in [1.54, 1.807) is 4.90 Å². The largest absolute Gasteiger partial charge is 0.432 e. The highest BCUT2D eigenvalue weighted by atomic mass is 32.1. The van der Waals surface area contributed by atoms with Crippen molar-refractivity contribution < 1.29 is 9.53 Å². The van der Waals surface area contributed by atoms with Crippen molar-refractivity contribution in [2.75, 3.05) is 14.1 Å². The van der Waals surface area contributed by atoms with Crippen molar-refractivity contribution in [2.24, 2.45) is 0 Å². The van der Waals surface area contributed by atoms with Crippen LogP contribution in [0.25, 0.3) is 0 Å². The van der Waals surface area contributed by atoms with E-state index in [2.05, 4.69) is 13.8 Å². The van der Waals surface area contributed by atoms with Crippen molar-refractivity contribution in [2.45, 2.75) is 32.1 Å². The quantitative estimate of drug-likeness (QED) is 0.737. The van der Waals surface area contributed by atoms with Crippen molar-refractivity contribution in [3.63, 3.8) is 0 Å². The molecule has 0 heterocycles. The number of rotatable bonds is 1. The Balaban J connectivity index is 2.35. The molecule has 102 valence electrons. The summed E-state index contributed by atoms with van der Waals surface area (Å²) in [5, 5.41) is 0.391. The molecule has 3 nitrogen and oxygen atoms in total. The minimum absolute atomic E-state index is 0.0455. The highest BCUT2D eigenvalue weighted by Crippen LogP contribution is 2.38. The Morgan fingerprint density at radius 3 is 2.68 bits per heavy atom. The molecule has 2 rings (SSSR count). The van der Waals surface area contributed by atoms with Gasteiger partial charge in [0.1, 0.15) is 5.75 Å². The minimum Gasteiger partial charge on any atom is -0.432 e. The molecule has 1 aliphatic rings. The molecule has 0 amide bonds. The van der Waals surface area contributed by atoms with Crippen molar-refractivity contribution in [1.82, 2.24) is 4.90 Å². The average molecular weight is 277 g/mol. The number of hydrogen-bond acceptors (Lipinski definition) is 3. The van der Waals surface area contributed by atoms with Gasteiger partial charge in [0.05, 0.1) is 0 Å². The maximum atomic E-state index is 12.0. The van der Waals surface area contributed by atoms with Crippen molar-refractivity contribution in [3.8, 4) is 5.75 Å². The Kier molecular flexibility index (Phi) is 3.63. The SMILES string of the molecule is CN(C)C(=S)Oc1ccc2c(c1)C(=O)CCC2(C)C. The number of ketones is 1. The number of Topliss-reactive ketones (excluding diaryl/α,β-unsaturated/α-hetero) is 1. The van der Waals surface area contributed by atoms with Gasteiger partial charge in [0.25, 0.3) is 5.17 Å². The summed E-state index contributed by atoms with van der Waals surface area (Å²) in [5.74, 6) is 0.819. The first kappa shape index (κ1) is 14.0. The molecule has 0 aliphatic heterocycles. The summed E-state index contributed by atoms with van der Waals surface area (Å²) in [6.45, 7) is 4.34. The molecule has 0 saturated heterocycles. The van der Waals surface area contributed by atoms with Gasteiger partial charge in [-0.1, -0.05) is 19.9 Å². The van der Waals surface area contributed by atoms with Gasteiger partial charge >= 0.3 is 0 Å². The van der Waals surface area contributed by atoms with Gasteiger partial charge in [-0.05, 0) is 41.7 Å². The van der Waals surface area contributed by atoms with Gasteiger partial charge in [-0.25, -0.2) is 0 Å². The summed E-state index contributed by atoms with van der Waals surface area (Å²) in [5.41, 5.74) is 1.92. The second-order valence-electron chi connectivity index (χ2n) is 5.78. The number of carbonyl (C=O) groups excluding carboxylic acids is 1. The molecular weight excluding hydrogens is 258 g/mol. The number of benzene rings is 1.